The fourth-order valence-corrected chi connectivity index (χ4v) is 3.86. The number of anilines is 2. The Morgan fingerprint density at radius 2 is 1.93 bits per heavy atom. The van der Waals surface area contributed by atoms with Crippen LogP contribution in [0.5, 0.6) is 5.75 Å². The van der Waals surface area contributed by atoms with Crippen molar-refractivity contribution < 1.29 is 14.3 Å². The molecule has 3 aromatic rings. The lowest BCUT2D eigenvalue weighted by atomic mass is 10.1. The summed E-state index contributed by atoms with van der Waals surface area (Å²) in [6, 6.07) is 14.6. The van der Waals surface area contributed by atoms with Crippen molar-refractivity contribution in [2.75, 3.05) is 17.3 Å². The van der Waals surface area contributed by atoms with Crippen LogP contribution in [0.3, 0.4) is 0 Å². The highest BCUT2D eigenvalue weighted by Crippen LogP contribution is 2.42. The summed E-state index contributed by atoms with van der Waals surface area (Å²) in [6.45, 7) is 0. The fraction of sp³-hybridized carbons (Fsp3) is 0.286. The number of para-hydroxylation sites is 4. The molecule has 28 heavy (non-hydrogen) atoms. The first kappa shape index (κ1) is 16.8. The summed E-state index contributed by atoms with van der Waals surface area (Å²) in [4.78, 5) is 32.3. The van der Waals surface area contributed by atoms with E-state index >= 15 is 0 Å². The van der Waals surface area contributed by atoms with E-state index in [4.69, 9.17) is 4.74 Å². The average Bonchev–Trinajstić information content (AvgIpc) is 3.41. The molecule has 142 valence electrons. The van der Waals surface area contributed by atoms with Crippen molar-refractivity contribution >= 4 is 34.5 Å². The summed E-state index contributed by atoms with van der Waals surface area (Å²) in [7, 11) is 1.56. The first-order valence-electron chi connectivity index (χ1n) is 9.40. The molecule has 1 aliphatic heterocycles. The van der Waals surface area contributed by atoms with E-state index in [-0.39, 0.29) is 24.3 Å². The predicted octanol–water partition coefficient (Wildman–Crippen LogP) is 3.12. The van der Waals surface area contributed by atoms with Gasteiger partial charge in [-0.3, -0.25) is 19.1 Å². The maximum Gasteiger partial charge on any atom is 0.253 e. The number of rotatable bonds is 5. The minimum Gasteiger partial charge on any atom is -0.495 e. The predicted molar refractivity (Wildman–Crippen MR) is 106 cm³/mol. The van der Waals surface area contributed by atoms with Crippen LogP contribution in [-0.4, -0.2) is 34.5 Å². The number of nitrogens with zero attached hydrogens (tertiary/aromatic N) is 3. The van der Waals surface area contributed by atoms with Crippen molar-refractivity contribution in [2.45, 2.75) is 31.3 Å². The lowest BCUT2D eigenvalue weighted by Crippen LogP contribution is -2.33. The molecule has 2 aromatic carbocycles. The normalized spacial score (nSPS) is 18.4. The van der Waals surface area contributed by atoms with Gasteiger partial charge in [-0.05, 0) is 37.1 Å². The first-order valence-corrected chi connectivity index (χ1v) is 9.40. The zero-order valence-corrected chi connectivity index (χ0v) is 15.5. The molecule has 1 N–H and O–H groups in total. The molecule has 0 bridgehead atoms. The summed E-state index contributed by atoms with van der Waals surface area (Å²) in [5.74, 6) is 0.959. The van der Waals surface area contributed by atoms with Crippen LogP contribution in [-0.2, 0) is 9.59 Å². The Bertz CT molecular complexity index is 1090. The van der Waals surface area contributed by atoms with E-state index in [0.717, 1.165) is 23.9 Å². The molecule has 7 heteroatoms. The topological polar surface area (TPSA) is 76.5 Å². The lowest BCUT2D eigenvalue weighted by Gasteiger charge is -2.15. The number of hydrogen-bond acceptors (Lipinski definition) is 4. The SMILES string of the molecule is COc1ccccc1NC(=O)CC1C(=O)N(C2CC2)c2nc3ccccc3n21. The van der Waals surface area contributed by atoms with E-state index in [1.54, 1.807) is 24.1 Å². The number of fused-ring (bicyclic) bond motifs is 3. The van der Waals surface area contributed by atoms with E-state index in [2.05, 4.69) is 10.3 Å². The number of aromatic nitrogens is 2. The molecule has 7 nitrogen and oxygen atoms in total. The van der Waals surface area contributed by atoms with Crippen molar-refractivity contribution in [3.8, 4) is 5.75 Å². The number of methoxy groups -OCH3 is 1. The third kappa shape index (κ3) is 2.62. The van der Waals surface area contributed by atoms with Gasteiger partial charge in [0.25, 0.3) is 5.91 Å². The van der Waals surface area contributed by atoms with Crippen LogP contribution in [0.25, 0.3) is 11.0 Å². The summed E-state index contributed by atoms with van der Waals surface area (Å²) in [6.07, 6.45) is 2.01. The second-order valence-corrected chi connectivity index (χ2v) is 7.18. The monoisotopic (exact) mass is 376 g/mol. The van der Waals surface area contributed by atoms with Crippen molar-refractivity contribution in [3.63, 3.8) is 0 Å². The van der Waals surface area contributed by atoms with Gasteiger partial charge in [-0.2, -0.15) is 0 Å². The second-order valence-electron chi connectivity index (χ2n) is 7.18. The standard InChI is InChI=1S/C21H20N4O3/c1-28-18-9-5-3-7-15(18)22-19(26)12-17-20(27)24(13-10-11-13)21-23-14-6-2-4-8-16(14)25(17)21/h2-9,13,17H,10-12H2,1H3,(H,22,26). The van der Waals surface area contributed by atoms with Gasteiger partial charge in [0.1, 0.15) is 11.8 Å². The number of nitrogens with one attached hydrogen (secondary N) is 1. The third-order valence-electron chi connectivity index (χ3n) is 5.30. The Morgan fingerprint density at radius 3 is 2.71 bits per heavy atom. The molecule has 1 aliphatic carbocycles. The van der Waals surface area contributed by atoms with E-state index in [1.165, 1.54) is 0 Å². The van der Waals surface area contributed by atoms with Crippen LogP contribution in [0.1, 0.15) is 25.3 Å². The van der Waals surface area contributed by atoms with Gasteiger partial charge in [0.15, 0.2) is 0 Å². The maximum atomic E-state index is 13.1. The molecule has 1 aromatic heterocycles. The molecule has 0 saturated heterocycles. The van der Waals surface area contributed by atoms with Gasteiger partial charge < -0.3 is 10.1 Å². The molecule has 2 aliphatic rings. The molecule has 2 heterocycles. The minimum absolute atomic E-state index is 0.0491. The van der Waals surface area contributed by atoms with Gasteiger partial charge in [-0.25, -0.2) is 4.98 Å². The van der Waals surface area contributed by atoms with Crippen molar-refractivity contribution in [2.24, 2.45) is 0 Å². The van der Waals surface area contributed by atoms with E-state index < -0.39 is 6.04 Å². The van der Waals surface area contributed by atoms with Gasteiger partial charge in [0, 0.05) is 6.04 Å². The van der Waals surface area contributed by atoms with Crippen molar-refractivity contribution in [1.29, 1.82) is 0 Å². The highest BCUT2D eigenvalue weighted by Gasteiger charge is 2.47. The number of benzene rings is 2. The molecule has 1 saturated carbocycles. The van der Waals surface area contributed by atoms with Gasteiger partial charge in [-0.1, -0.05) is 24.3 Å². The zero-order valence-electron chi connectivity index (χ0n) is 15.5. The van der Waals surface area contributed by atoms with Crippen LogP contribution >= 0.6 is 0 Å². The molecule has 1 atom stereocenters. The highest BCUT2D eigenvalue weighted by molar-refractivity contribution is 6.05. The third-order valence-corrected chi connectivity index (χ3v) is 5.30. The Morgan fingerprint density at radius 1 is 1.18 bits per heavy atom. The summed E-state index contributed by atoms with van der Waals surface area (Å²) in [5.41, 5.74) is 2.31. The Balaban J connectivity index is 1.47. The smallest absolute Gasteiger partial charge is 0.253 e. The minimum atomic E-state index is -0.585. The fourth-order valence-electron chi connectivity index (χ4n) is 3.86. The number of ether oxygens (including phenoxy) is 1. The van der Waals surface area contributed by atoms with Crippen LogP contribution in [0, 0.1) is 0 Å². The largest absolute Gasteiger partial charge is 0.495 e. The summed E-state index contributed by atoms with van der Waals surface area (Å²) >= 11 is 0. The summed E-state index contributed by atoms with van der Waals surface area (Å²) in [5, 5.41) is 2.87. The number of carbonyl (C=O) groups excluding carboxylic acids is 2. The Hall–Kier alpha value is -3.35. The molecule has 0 spiro atoms. The van der Waals surface area contributed by atoms with Gasteiger partial charge in [0.2, 0.25) is 11.9 Å². The molecule has 5 rings (SSSR count). The first-order chi connectivity index (χ1) is 13.7. The van der Waals surface area contributed by atoms with Crippen LogP contribution in [0.15, 0.2) is 48.5 Å². The number of amides is 2. The number of imidazole rings is 1. The highest BCUT2D eigenvalue weighted by atomic mass is 16.5. The Labute approximate surface area is 161 Å². The zero-order chi connectivity index (χ0) is 19.3. The van der Waals surface area contributed by atoms with E-state index in [0.29, 0.717) is 17.4 Å². The van der Waals surface area contributed by atoms with Gasteiger partial charge in [-0.15, -0.1) is 0 Å². The van der Waals surface area contributed by atoms with Gasteiger partial charge >= 0.3 is 0 Å². The molecular weight excluding hydrogens is 356 g/mol. The number of carbonyl (C=O) groups is 2. The van der Waals surface area contributed by atoms with Gasteiger partial charge in [0.05, 0.1) is 30.3 Å². The van der Waals surface area contributed by atoms with E-state index in [9.17, 15) is 9.59 Å². The molecule has 1 unspecified atom stereocenters. The molecule has 2 amide bonds. The van der Waals surface area contributed by atoms with Crippen LogP contribution in [0.2, 0.25) is 0 Å². The quantitative estimate of drug-likeness (QED) is 0.742. The Kier molecular flexibility index (Phi) is 3.82. The average molecular weight is 376 g/mol. The van der Waals surface area contributed by atoms with Crippen molar-refractivity contribution in [1.82, 2.24) is 9.55 Å². The van der Waals surface area contributed by atoms with Crippen molar-refractivity contribution in [3.05, 3.63) is 48.5 Å². The lowest BCUT2D eigenvalue weighted by molar-refractivity contribution is -0.124. The molecule has 1 fully saturated rings. The van der Waals surface area contributed by atoms with Crippen LogP contribution in [0.4, 0.5) is 11.6 Å². The number of hydrogen-bond donors (Lipinski definition) is 1. The molecule has 0 radical (unpaired) electrons. The van der Waals surface area contributed by atoms with E-state index in [1.807, 2.05) is 41.0 Å². The maximum absolute atomic E-state index is 13.1. The molecular formula is C21H20N4O3. The van der Waals surface area contributed by atoms with Crippen LogP contribution < -0.4 is 15.0 Å². The summed E-state index contributed by atoms with van der Waals surface area (Å²) < 4.78 is 7.20. The second kappa shape index (κ2) is 6.37.